The minimum absolute atomic E-state index is 0.195. The van der Waals surface area contributed by atoms with Gasteiger partial charge in [0.25, 0.3) is 0 Å². The quantitative estimate of drug-likeness (QED) is 0.546. The van der Waals surface area contributed by atoms with Gasteiger partial charge in [0.2, 0.25) is 0 Å². The minimum Gasteiger partial charge on any atom is -0.496 e. The SMILES string of the molecule is CCN(CC)C(O)C1Sc2ccccc2-c2c1c1c(OC)cccc1n2CCF. The summed E-state index contributed by atoms with van der Waals surface area (Å²) in [5.41, 5.74) is 4.06. The third kappa shape index (κ3) is 3.23. The number of likely N-dealkylation sites (N-methyl/N-ethyl adjacent to an activating group) is 1. The first-order valence-corrected chi connectivity index (χ1v) is 11.0. The van der Waals surface area contributed by atoms with Crippen LogP contribution in [-0.4, -0.2) is 47.7 Å². The van der Waals surface area contributed by atoms with E-state index in [1.54, 1.807) is 18.9 Å². The van der Waals surface area contributed by atoms with Crippen molar-refractivity contribution in [3.63, 3.8) is 0 Å². The van der Waals surface area contributed by atoms with Crippen molar-refractivity contribution in [3.8, 4) is 17.0 Å². The number of thioether (sulfide) groups is 1. The van der Waals surface area contributed by atoms with E-state index >= 15 is 0 Å². The number of ether oxygens (including phenoxy) is 1. The molecule has 1 aliphatic heterocycles. The van der Waals surface area contributed by atoms with E-state index in [0.717, 1.165) is 51.5 Å². The van der Waals surface area contributed by atoms with Crippen molar-refractivity contribution in [3.05, 3.63) is 48.0 Å². The molecule has 0 aliphatic carbocycles. The number of aromatic nitrogens is 1. The highest BCUT2D eigenvalue weighted by Crippen LogP contribution is 2.55. The molecule has 0 saturated heterocycles. The lowest BCUT2D eigenvalue weighted by Crippen LogP contribution is -2.39. The van der Waals surface area contributed by atoms with Gasteiger partial charge >= 0.3 is 0 Å². The van der Waals surface area contributed by atoms with Gasteiger partial charge in [-0.05, 0) is 31.3 Å². The van der Waals surface area contributed by atoms with Crippen molar-refractivity contribution < 1.29 is 14.2 Å². The van der Waals surface area contributed by atoms with Crippen LogP contribution in [0.2, 0.25) is 0 Å². The van der Waals surface area contributed by atoms with Crippen LogP contribution in [-0.2, 0) is 6.54 Å². The van der Waals surface area contributed by atoms with Crippen LogP contribution < -0.4 is 4.74 Å². The smallest absolute Gasteiger partial charge is 0.128 e. The summed E-state index contributed by atoms with van der Waals surface area (Å²) in [5.74, 6) is 0.757. The highest BCUT2D eigenvalue weighted by molar-refractivity contribution is 7.99. The lowest BCUT2D eigenvalue weighted by atomic mass is 9.99. The zero-order valence-corrected chi connectivity index (χ0v) is 17.9. The van der Waals surface area contributed by atoms with Gasteiger partial charge in [-0.2, -0.15) is 0 Å². The summed E-state index contributed by atoms with van der Waals surface area (Å²) in [6.07, 6.45) is -0.656. The molecule has 4 nitrogen and oxygen atoms in total. The summed E-state index contributed by atoms with van der Waals surface area (Å²) >= 11 is 1.68. The van der Waals surface area contributed by atoms with Crippen molar-refractivity contribution in [1.82, 2.24) is 9.47 Å². The molecule has 1 N–H and O–H groups in total. The van der Waals surface area contributed by atoms with E-state index in [-0.39, 0.29) is 11.8 Å². The summed E-state index contributed by atoms with van der Waals surface area (Å²) in [4.78, 5) is 3.17. The molecule has 0 fully saturated rings. The molecule has 2 atom stereocenters. The summed E-state index contributed by atoms with van der Waals surface area (Å²) in [5, 5.41) is 12.1. The number of halogens is 1. The highest BCUT2D eigenvalue weighted by atomic mass is 32.2. The Hall–Kier alpha value is -2.02. The lowest BCUT2D eigenvalue weighted by Gasteiger charge is -2.35. The topological polar surface area (TPSA) is 37.6 Å². The largest absolute Gasteiger partial charge is 0.496 e. The first-order chi connectivity index (χ1) is 14.2. The number of hydrogen-bond donors (Lipinski definition) is 1. The normalized spacial score (nSPS) is 16.7. The fourth-order valence-corrected chi connectivity index (χ4v) is 5.78. The molecular weight excluding hydrogens is 387 g/mol. The van der Waals surface area contributed by atoms with Crippen LogP contribution >= 0.6 is 11.8 Å². The predicted molar refractivity (Wildman–Crippen MR) is 117 cm³/mol. The van der Waals surface area contributed by atoms with Gasteiger partial charge in [-0.25, -0.2) is 4.39 Å². The fraction of sp³-hybridized carbons (Fsp3) is 0.391. The molecule has 1 aromatic heterocycles. The number of benzene rings is 2. The molecule has 0 radical (unpaired) electrons. The van der Waals surface area contributed by atoms with Gasteiger partial charge in [-0.3, -0.25) is 4.90 Å². The predicted octanol–water partition coefficient (Wildman–Crippen LogP) is 5.09. The van der Waals surface area contributed by atoms with Crippen LogP contribution in [0, 0.1) is 0 Å². The van der Waals surface area contributed by atoms with Gasteiger partial charge in [-0.1, -0.05) is 38.1 Å². The summed E-state index contributed by atoms with van der Waals surface area (Å²) < 4.78 is 21.3. The Balaban J connectivity index is 2.07. The molecular formula is C23H27FN2O2S. The lowest BCUT2D eigenvalue weighted by molar-refractivity contribution is 0.00934. The molecule has 2 unspecified atom stereocenters. The molecule has 6 heteroatoms. The maximum Gasteiger partial charge on any atom is 0.128 e. The first kappa shape index (κ1) is 20.3. The summed E-state index contributed by atoms with van der Waals surface area (Å²) in [6, 6.07) is 14.1. The third-order valence-corrected chi connectivity index (χ3v) is 7.10. The van der Waals surface area contributed by atoms with Crippen LogP contribution in [0.4, 0.5) is 4.39 Å². The van der Waals surface area contributed by atoms with Gasteiger partial charge in [0.1, 0.15) is 18.7 Å². The third-order valence-electron chi connectivity index (χ3n) is 5.76. The first-order valence-electron chi connectivity index (χ1n) is 10.1. The number of hydrogen-bond acceptors (Lipinski definition) is 4. The Bertz CT molecular complexity index is 1020. The zero-order chi connectivity index (χ0) is 20.5. The van der Waals surface area contributed by atoms with Gasteiger partial charge in [0, 0.05) is 21.4 Å². The number of alkyl halides is 1. The molecule has 154 valence electrons. The van der Waals surface area contributed by atoms with E-state index in [2.05, 4.69) is 30.9 Å². The number of aliphatic hydroxyl groups is 1. The molecule has 0 spiro atoms. The standard InChI is InChI=1S/C23H27FN2O2S/c1-4-25(5-2)23(27)22-20-19-16(10-8-11-17(19)28-3)26(14-13-24)21(20)15-9-6-7-12-18(15)29-22/h6-12,22-23,27H,4-5,13-14H2,1-3H3. The van der Waals surface area contributed by atoms with Crippen molar-refractivity contribution >= 4 is 22.7 Å². The summed E-state index contributed by atoms with van der Waals surface area (Å²) in [6.45, 7) is 5.44. The van der Waals surface area contributed by atoms with Crippen molar-refractivity contribution in [2.45, 2.75) is 36.8 Å². The van der Waals surface area contributed by atoms with Gasteiger partial charge in [0.05, 0.1) is 30.1 Å². The maximum absolute atomic E-state index is 13.6. The molecule has 0 amide bonds. The van der Waals surface area contributed by atoms with Crippen molar-refractivity contribution in [1.29, 1.82) is 0 Å². The number of methoxy groups -OCH3 is 1. The average Bonchev–Trinajstić information content (AvgIpc) is 3.09. The monoisotopic (exact) mass is 414 g/mol. The molecule has 3 aromatic rings. The fourth-order valence-electron chi connectivity index (χ4n) is 4.41. The van der Waals surface area contributed by atoms with Crippen LogP contribution in [0.3, 0.4) is 0 Å². The molecule has 0 bridgehead atoms. The zero-order valence-electron chi connectivity index (χ0n) is 17.1. The maximum atomic E-state index is 13.6. The van der Waals surface area contributed by atoms with Gasteiger partial charge in [0.15, 0.2) is 0 Å². The Labute approximate surface area is 175 Å². The molecule has 2 aromatic carbocycles. The van der Waals surface area contributed by atoms with Crippen molar-refractivity contribution in [2.75, 3.05) is 26.9 Å². The van der Waals surface area contributed by atoms with E-state index in [1.807, 2.05) is 34.9 Å². The Morgan fingerprint density at radius 3 is 2.62 bits per heavy atom. The number of aryl methyl sites for hydroxylation is 1. The second-order valence-corrected chi connectivity index (χ2v) is 8.31. The van der Waals surface area contributed by atoms with Gasteiger partial charge in [-0.15, -0.1) is 11.8 Å². The number of aliphatic hydroxyl groups excluding tert-OH is 1. The van der Waals surface area contributed by atoms with E-state index in [4.69, 9.17) is 4.74 Å². The number of fused-ring (bicyclic) bond motifs is 5. The van der Waals surface area contributed by atoms with Crippen LogP contribution in [0.5, 0.6) is 5.75 Å². The van der Waals surface area contributed by atoms with E-state index in [9.17, 15) is 9.50 Å². The number of nitrogens with zero attached hydrogens (tertiary/aromatic N) is 2. The second kappa shape index (κ2) is 8.38. The molecule has 4 rings (SSSR count). The highest BCUT2D eigenvalue weighted by Gasteiger charge is 2.38. The van der Waals surface area contributed by atoms with E-state index in [0.29, 0.717) is 0 Å². The second-order valence-electron chi connectivity index (χ2n) is 7.13. The minimum atomic E-state index is -0.656. The Morgan fingerprint density at radius 1 is 1.17 bits per heavy atom. The van der Waals surface area contributed by atoms with E-state index in [1.165, 1.54) is 0 Å². The van der Waals surface area contributed by atoms with Crippen LogP contribution in [0.25, 0.3) is 22.2 Å². The molecule has 0 saturated carbocycles. The van der Waals surface area contributed by atoms with Gasteiger partial charge < -0.3 is 14.4 Å². The summed E-state index contributed by atoms with van der Waals surface area (Å²) in [7, 11) is 1.66. The molecule has 2 heterocycles. The molecule has 1 aliphatic rings. The average molecular weight is 415 g/mol. The van der Waals surface area contributed by atoms with Crippen LogP contribution in [0.15, 0.2) is 47.4 Å². The number of rotatable bonds is 7. The van der Waals surface area contributed by atoms with Crippen LogP contribution in [0.1, 0.15) is 24.7 Å². The van der Waals surface area contributed by atoms with Crippen molar-refractivity contribution in [2.24, 2.45) is 0 Å². The van der Waals surface area contributed by atoms with E-state index < -0.39 is 12.9 Å². The Morgan fingerprint density at radius 2 is 1.93 bits per heavy atom. The Kier molecular flexibility index (Phi) is 5.86. The molecule has 29 heavy (non-hydrogen) atoms.